The zero-order chi connectivity index (χ0) is 24.4. The van der Waals surface area contributed by atoms with Crippen molar-refractivity contribution in [2.75, 3.05) is 0 Å². The Bertz CT molecular complexity index is 1290. The molecule has 178 valence electrons. The fourth-order valence-electron chi connectivity index (χ4n) is 5.46. The van der Waals surface area contributed by atoms with Gasteiger partial charge in [-0.1, -0.05) is 12.5 Å². The number of aromatic nitrogens is 2. The van der Waals surface area contributed by atoms with Gasteiger partial charge in [0.05, 0.1) is 29.2 Å². The van der Waals surface area contributed by atoms with E-state index in [0.717, 1.165) is 16.8 Å². The van der Waals surface area contributed by atoms with Gasteiger partial charge in [-0.25, -0.2) is 31.0 Å². The molecule has 0 unspecified atom stereocenters. The van der Waals surface area contributed by atoms with Crippen molar-refractivity contribution in [2.24, 2.45) is 11.3 Å². The largest absolute Gasteiger partial charge is 0.388 e. The van der Waals surface area contributed by atoms with Crippen LogP contribution >= 0.6 is 0 Å². The molecule has 5 rings (SSSR count). The first-order valence-electron chi connectivity index (χ1n) is 10.9. The molecule has 0 aliphatic heterocycles. The first kappa shape index (κ1) is 22.7. The lowest BCUT2D eigenvalue weighted by Crippen LogP contribution is -2.41. The molecule has 0 amide bonds. The second-order valence-corrected chi connectivity index (χ2v) is 9.13. The molecule has 2 aliphatic carbocycles. The summed E-state index contributed by atoms with van der Waals surface area (Å²) in [6.45, 7) is 1.83. The fraction of sp³-hybridized carbons (Fsp3) is 0.320. The molecule has 1 N–H and O–H groups in total. The van der Waals surface area contributed by atoms with Gasteiger partial charge in [0, 0.05) is 0 Å². The molecular formula is C25H20F6N2O. The molecule has 0 saturated heterocycles. The van der Waals surface area contributed by atoms with E-state index in [0.29, 0.717) is 31.4 Å². The summed E-state index contributed by atoms with van der Waals surface area (Å²) in [6.07, 6.45) is 3.54. The van der Waals surface area contributed by atoms with Crippen LogP contribution in [0.1, 0.15) is 49.1 Å². The standard InChI is InChI=1S/C25H20F6N2O/c1-25-10-12-11-32-33(15-7-5-14(26)6-8-15)17(12)9-13(25)3-2-4-16(25)24(34)18-19(27)21(29)23(31)22(30)20(18)28/h5-9,11,16,24,34H,2-4,10H2,1H3/t16-,24+,25+/m1/s1. The van der Waals surface area contributed by atoms with Crippen LogP contribution in [-0.4, -0.2) is 14.9 Å². The van der Waals surface area contributed by atoms with Crippen molar-refractivity contribution < 1.29 is 31.4 Å². The highest BCUT2D eigenvalue weighted by Gasteiger charge is 2.48. The van der Waals surface area contributed by atoms with Crippen LogP contribution in [0.2, 0.25) is 0 Å². The van der Waals surface area contributed by atoms with Gasteiger partial charge in [0.1, 0.15) is 5.82 Å². The summed E-state index contributed by atoms with van der Waals surface area (Å²) >= 11 is 0. The van der Waals surface area contributed by atoms with E-state index in [9.17, 15) is 31.4 Å². The average Bonchev–Trinajstić information content (AvgIpc) is 3.21. The molecule has 3 atom stereocenters. The first-order valence-corrected chi connectivity index (χ1v) is 10.9. The van der Waals surface area contributed by atoms with Gasteiger partial charge in [0.15, 0.2) is 23.3 Å². The lowest BCUT2D eigenvalue weighted by molar-refractivity contribution is 0.0161. The lowest BCUT2D eigenvalue weighted by Gasteiger charge is -2.47. The van der Waals surface area contributed by atoms with Gasteiger partial charge in [-0.2, -0.15) is 5.10 Å². The summed E-state index contributed by atoms with van der Waals surface area (Å²) in [5, 5.41) is 15.4. The van der Waals surface area contributed by atoms with E-state index >= 15 is 0 Å². The second kappa shape index (κ2) is 8.01. The Morgan fingerprint density at radius 2 is 1.59 bits per heavy atom. The van der Waals surface area contributed by atoms with Gasteiger partial charge >= 0.3 is 0 Å². The maximum atomic E-state index is 14.5. The quantitative estimate of drug-likeness (QED) is 0.277. The maximum Gasteiger partial charge on any atom is 0.200 e. The fourth-order valence-corrected chi connectivity index (χ4v) is 5.46. The highest BCUT2D eigenvalue weighted by atomic mass is 19.2. The van der Waals surface area contributed by atoms with Crippen molar-refractivity contribution >= 4 is 6.08 Å². The Kier molecular flexibility index (Phi) is 5.35. The van der Waals surface area contributed by atoms with Crippen LogP contribution in [-0.2, 0) is 6.42 Å². The minimum atomic E-state index is -2.25. The molecule has 0 bridgehead atoms. The Morgan fingerprint density at radius 1 is 0.971 bits per heavy atom. The van der Waals surface area contributed by atoms with Crippen LogP contribution < -0.4 is 0 Å². The van der Waals surface area contributed by atoms with Gasteiger partial charge in [0.2, 0.25) is 5.82 Å². The van der Waals surface area contributed by atoms with Crippen molar-refractivity contribution in [1.82, 2.24) is 9.78 Å². The van der Waals surface area contributed by atoms with Crippen LogP contribution in [0.3, 0.4) is 0 Å². The molecule has 0 radical (unpaired) electrons. The second-order valence-electron chi connectivity index (χ2n) is 9.13. The third kappa shape index (κ3) is 3.28. The number of benzene rings is 2. The molecule has 1 saturated carbocycles. The van der Waals surface area contributed by atoms with Crippen molar-refractivity contribution in [3.05, 3.63) is 87.8 Å². The lowest BCUT2D eigenvalue weighted by atomic mass is 9.57. The van der Waals surface area contributed by atoms with E-state index in [-0.39, 0.29) is 5.82 Å². The van der Waals surface area contributed by atoms with Crippen molar-refractivity contribution in [1.29, 1.82) is 0 Å². The van der Waals surface area contributed by atoms with Crippen LogP contribution in [0.15, 0.2) is 36.0 Å². The summed E-state index contributed by atoms with van der Waals surface area (Å²) in [4.78, 5) is 0. The summed E-state index contributed by atoms with van der Waals surface area (Å²) in [5.74, 6) is -11.6. The van der Waals surface area contributed by atoms with E-state index in [4.69, 9.17) is 0 Å². The van der Waals surface area contributed by atoms with Gasteiger partial charge in [-0.05, 0) is 72.9 Å². The topological polar surface area (TPSA) is 38.0 Å². The molecule has 2 aromatic carbocycles. The molecule has 9 heteroatoms. The summed E-state index contributed by atoms with van der Waals surface area (Å²) in [7, 11) is 0. The van der Waals surface area contributed by atoms with Crippen LogP contribution in [0.5, 0.6) is 0 Å². The van der Waals surface area contributed by atoms with Gasteiger partial charge in [-0.15, -0.1) is 0 Å². The molecule has 2 aliphatic rings. The first-order chi connectivity index (χ1) is 16.1. The number of nitrogens with zero attached hydrogens (tertiary/aromatic N) is 2. The number of hydrogen-bond donors (Lipinski definition) is 1. The summed E-state index contributed by atoms with van der Waals surface area (Å²) in [5.41, 5.74) is 1.12. The monoisotopic (exact) mass is 478 g/mol. The zero-order valence-electron chi connectivity index (χ0n) is 18.1. The Balaban J connectivity index is 1.56. The number of halogens is 6. The highest BCUT2D eigenvalue weighted by molar-refractivity contribution is 5.61. The zero-order valence-corrected chi connectivity index (χ0v) is 18.1. The van der Waals surface area contributed by atoms with E-state index in [2.05, 4.69) is 5.10 Å². The molecular weight excluding hydrogens is 458 g/mol. The molecule has 1 aromatic heterocycles. The molecule has 3 aromatic rings. The van der Waals surface area contributed by atoms with Crippen LogP contribution in [0.25, 0.3) is 11.8 Å². The predicted octanol–water partition coefficient (Wildman–Crippen LogP) is 6.19. The molecule has 34 heavy (non-hydrogen) atoms. The van der Waals surface area contributed by atoms with E-state index in [1.807, 2.05) is 13.0 Å². The van der Waals surface area contributed by atoms with Crippen molar-refractivity contribution in [3.63, 3.8) is 0 Å². The third-order valence-corrected chi connectivity index (χ3v) is 7.26. The minimum absolute atomic E-state index is 0.343. The number of hydrogen-bond acceptors (Lipinski definition) is 2. The van der Waals surface area contributed by atoms with Crippen LogP contribution in [0, 0.1) is 46.2 Å². The Morgan fingerprint density at radius 3 is 2.24 bits per heavy atom. The summed E-state index contributed by atoms with van der Waals surface area (Å²) in [6, 6.07) is 5.82. The smallest absolute Gasteiger partial charge is 0.200 e. The maximum absolute atomic E-state index is 14.5. The number of aliphatic hydroxyl groups excluding tert-OH is 1. The van der Waals surface area contributed by atoms with E-state index < -0.39 is 52.1 Å². The number of aliphatic hydroxyl groups is 1. The third-order valence-electron chi connectivity index (χ3n) is 7.26. The summed E-state index contributed by atoms with van der Waals surface area (Å²) < 4.78 is 85.1. The Labute approximate surface area is 191 Å². The van der Waals surface area contributed by atoms with Gasteiger partial charge < -0.3 is 5.11 Å². The number of allylic oxidation sites excluding steroid dienone is 1. The van der Waals surface area contributed by atoms with Crippen molar-refractivity contribution in [2.45, 2.75) is 38.7 Å². The predicted molar refractivity (Wildman–Crippen MR) is 112 cm³/mol. The number of fused-ring (bicyclic) bond motifs is 2. The Hall–Kier alpha value is -3.07. The molecule has 0 spiro atoms. The minimum Gasteiger partial charge on any atom is -0.388 e. The van der Waals surface area contributed by atoms with Gasteiger partial charge in [-0.3, -0.25) is 0 Å². The molecule has 3 nitrogen and oxygen atoms in total. The molecule has 1 fully saturated rings. The normalized spacial score (nSPS) is 22.7. The van der Waals surface area contributed by atoms with Gasteiger partial charge in [0.25, 0.3) is 0 Å². The SMILES string of the molecule is C[C@]12Cc3cnn(-c4ccc(F)cc4)c3C=C1CCC[C@@H]2[C@H](O)c1c(F)c(F)c(F)c(F)c1F. The number of rotatable bonds is 3. The van der Waals surface area contributed by atoms with Crippen molar-refractivity contribution in [3.8, 4) is 5.69 Å². The van der Waals surface area contributed by atoms with Crippen LogP contribution in [0.4, 0.5) is 26.3 Å². The molecule has 1 heterocycles. The highest BCUT2D eigenvalue weighted by Crippen LogP contribution is 2.55. The van der Waals surface area contributed by atoms with E-state index in [1.165, 1.54) is 12.1 Å². The van der Waals surface area contributed by atoms with E-state index in [1.54, 1.807) is 23.0 Å². The average molecular weight is 478 g/mol.